The molecule has 2 heteroatoms. The van der Waals surface area contributed by atoms with Gasteiger partial charge in [0.1, 0.15) is 5.82 Å². The van der Waals surface area contributed by atoms with E-state index in [1.165, 1.54) is 11.1 Å². The van der Waals surface area contributed by atoms with E-state index in [4.69, 9.17) is 0 Å². The predicted octanol–water partition coefficient (Wildman–Crippen LogP) is 3.56. The molecule has 1 aliphatic rings. The van der Waals surface area contributed by atoms with Gasteiger partial charge in [0.25, 0.3) is 0 Å². The van der Waals surface area contributed by atoms with Crippen LogP contribution in [0, 0.1) is 12.7 Å². The molecule has 1 atom stereocenters. The molecule has 0 aromatic heterocycles. The maximum Gasteiger partial charge on any atom is 0.123 e. The molecule has 0 aliphatic carbocycles. The van der Waals surface area contributed by atoms with Crippen LogP contribution in [-0.2, 0) is 13.0 Å². The first-order chi connectivity index (χ1) is 9.22. The smallest absolute Gasteiger partial charge is 0.123 e. The van der Waals surface area contributed by atoms with Crippen LogP contribution in [-0.4, -0.2) is 6.54 Å². The highest BCUT2D eigenvalue weighted by Crippen LogP contribution is 2.27. The van der Waals surface area contributed by atoms with Gasteiger partial charge in [-0.25, -0.2) is 4.39 Å². The summed E-state index contributed by atoms with van der Waals surface area (Å²) in [7, 11) is 0. The Morgan fingerprint density at radius 1 is 1.21 bits per heavy atom. The van der Waals surface area contributed by atoms with Gasteiger partial charge in [0.05, 0.1) is 0 Å². The van der Waals surface area contributed by atoms with Gasteiger partial charge in [-0.3, -0.25) is 0 Å². The number of nitrogens with one attached hydrogen (secondary N) is 1. The third kappa shape index (κ3) is 2.69. The Morgan fingerprint density at radius 3 is 2.89 bits per heavy atom. The van der Waals surface area contributed by atoms with E-state index >= 15 is 0 Å². The van der Waals surface area contributed by atoms with Gasteiger partial charge in [0.2, 0.25) is 0 Å². The fourth-order valence-electron chi connectivity index (χ4n) is 2.98. The van der Waals surface area contributed by atoms with E-state index in [9.17, 15) is 4.39 Å². The number of rotatable bonds is 2. The minimum absolute atomic E-state index is 0.132. The van der Waals surface area contributed by atoms with E-state index in [0.717, 1.165) is 30.6 Å². The van der Waals surface area contributed by atoms with Crippen molar-refractivity contribution < 1.29 is 4.39 Å². The topological polar surface area (TPSA) is 12.0 Å². The van der Waals surface area contributed by atoms with Gasteiger partial charge in [-0.2, -0.15) is 0 Å². The molecule has 19 heavy (non-hydrogen) atoms. The molecule has 1 aliphatic heterocycles. The van der Waals surface area contributed by atoms with E-state index in [1.807, 2.05) is 6.92 Å². The largest absolute Gasteiger partial charge is 0.312 e. The Bertz CT molecular complexity index is 571. The molecule has 1 N–H and O–H groups in total. The summed E-state index contributed by atoms with van der Waals surface area (Å²) in [5, 5.41) is 3.45. The van der Waals surface area contributed by atoms with E-state index in [2.05, 4.69) is 35.6 Å². The summed E-state index contributed by atoms with van der Waals surface area (Å²) in [5.41, 5.74) is 4.85. The van der Waals surface area contributed by atoms with Gasteiger partial charge in [0.15, 0.2) is 0 Å². The van der Waals surface area contributed by atoms with Gasteiger partial charge >= 0.3 is 0 Å². The Morgan fingerprint density at radius 2 is 2.05 bits per heavy atom. The molecule has 1 nitrogen and oxygen atoms in total. The lowest BCUT2D eigenvalue weighted by atomic mass is 9.86. The predicted molar refractivity (Wildman–Crippen MR) is 75.7 cm³/mol. The first kappa shape index (κ1) is 12.4. The molecule has 2 aromatic carbocycles. The number of hydrogen-bond acceptors (Lipinski definition) is 1. The molecule has 0 radical (unpaired) electrons. The van der Waals surface area contributed by atoms with Crippen LogP contribution in [0.4, 0.5) is 4.39 Å². The molecule has 0 amide bonds. The lowest BCUT2D eigenvalue weighted by Gasteiger charge is -2.26. The molecule has 0 fully saturated rings. The van der Waals surface area contributed by atoms with Crippen LogP contribution >= 0.6 is 0 Å². The second-order valence-corrected chi connectivity index (χ2v) is 5.37. The first-order valence-electron chi connectivity index (χ1n) is 6.77. The summed E-state index contributed by atoms with van der Waals surface area (Å²) < 4.78 is 13.5. The van der Waals surface area contributed by atoms with Crippen molar-refractivity contribution in [3.8, 4) is 0 Å². The highest BCUT2D eigenvalue weighted by atomic mass is 19.1. The van der Waals surface area contributed by atoms with Gasteiger partial charge in [-0.1, -0.05) is 30.3 Å². The van der Waals surface area contributed by atoms with Crippen LogP contribution < -0.4 is 5.32 Å². The first-order valence-corrected chi connectivity index (χ1v) is 6.77. The number of aryl methyl sites for hydroxylation is 1. The molecule has 0 saturated heterocycles. The average molecular weight is 255 g/mol. The Labute approximate surface area is 113 Å². The minimum atomic E-state index is -0.132. The van der Waals surface area contributed by atoms with Crippen molar-refractivity contribution in [3.05, 3.63) is 70.5 Å². The molecule has 98 valence electrons. The fourth-order valence-corrected chi connectivity index (χ4v) is 2.98. The molecule has 3 rings (SSSR count). The normalized spacial score (nSPS) is 18.1. The maximum atomic E-state index is 13.5. The van der Waals surface area contributed by atoms with Crippen molar-refractivity contribution in [2.75, 3.05) is 6.54 Å². The van der Waals surface area contributed by atoms with E-state index < -0.39 is 0 Å². The van der Waals surface area contributed by atoms with Crippen LogP contribution in [0.25, 0.3) is 0 Å². The van der Waals surface area contributed by atoms with Crippen molar-refractivity contribution in [2.45, 2.75) is 25.8 Å². The quantitative estimate of drug-likeness (QED) is 0.865. The van der Waals surface area contributed by atoms with Crippen molar-refractivity contribution in [1.29, 1.82) is 0 Å². The second-order valence-electron chi connectivity index (χ2n) is 5.37. The van der Waals surface area contributed by atoms with Crippen LogP contribution in [0.2, 0.25) is 0 Å². The zero-order valence-corrected chi connectivity index (χ0v) is 11.1. The van der Waals surface area contributed by atoms with Crippen LogP contribution in [0.3, 0.4) is 0 Å². The lowest BCUT2D eigenvalue weighted by Crippen LogP contribution is -2.29. The van der Waals surface area contributed by atoms with Crippen LogP contribution in [0.15, 0.2) is 42.5 Å². The highest BCUT2D eigenvalue weighted by Gasteiger charge is 2.19. The molecule has 0 bridgehead atoms. The van der Waals surface area contributed by atoms with Crippen LogP contribution in [0.1, 0.15) is 28.2 Å². The summed E-state index contributed by atoms with van der Waals surface area (Å²) in [6, 6.07) is 13.9. The lowest BCUT2D eigenvalue weighted by molar-refractivity contribution is 0.537. The standard InChI is InChI=1S/C17H18FN/c1-12-6-13(9-16(18)7-12)8-15-11-19-10-14-4-2-3-5-17(14)15/h2-7,9,15,19H,8,10-11H2,1H3. The summed E-state index contributed by atoms with van der Waals surface area (Å²) >= 11 is 0. The third-order valence-corrected chi connectivity index (χ3v) is 3.79. The number of hydrogen-bond donors (Lipinski definition) is 1. The average Bonchev–Trinajstić information content (AvgIpc) is 2.38. The molecule has 1 heterocycles. The van der Waals surface area contributed by atoms with Crippen molar-refractivity contribution in [2.24, 2.45) is 0 Å². The molecular formula is C17H18FN. The highest BCUT2D eigenvalue weighted by molar-refractivity contribution is 5.35. The maximum absolute atomic E-state index is 13.5. The molecule has 2 aromatic rings. The Kier molecular flexibility index (Phi) is 3.34. The molecule has 1 unspecified atom stereocenters. The van der Waals surface area contributed by atoms with Gasteiger partial charge in [-0.15, -0.1) is 0 Å². The Hall–Kier alpha value is -1.67. The molecule has 0 spiro atoms. The van der Waals surface area contributed by atoms with Crippen molar-refractivity contribution >= 4 is 0 Å². The fraction of sp³-hybridized carbons (Fsp3) is 0.294. The molecular weight excluding hydrogens is 237 g/mol. The van der Waals surface area contributed by atoms with Gasteiger partial charge in [0, 0.05) is 19.0 Å². The summed E-state index contributed by atoms with van der Waals surface area (Å²) in [5.74, 6) is 0.304. The van der Waals surface area contributed by atoms with E-state index in [-0.39, 0.29) is 5.82 Å². The SMILES string of the molecule is Cc1cc(F)cc(CC2CNCc3ccccc32)c1. The van der Waals surface area contributed by atoms with Gasteiger partial charge in [-0.05, 0) is 47.7 Å². The van der Waals surface area contributed by atoms with E-state index in [0.29, 0.717) is 5.92 Å². The molecule has 0 saturated carbocycles. The number of fused-ring (bicyclic) bond motifs is 1. The summed E-state index contributed by atoms with van der Waals surface area (Å²) in [4.78, 5) is 0. The van der Waals surface area contributed by atoms with Gasteiger partial charge < -0.3 is 5.32 Å². The third-order valence-electron chi connectivity index (χ3n) is 3.79. The van der Waals surface area contributed by atoms with E-state index in [1.54, 1.807) is 12.1 Å². The second kappa shape index (κ2) is 5.14. The summed E-state index contributed by atoms with van der Waals surface area (Å²) in [6.07, 6.45) is 0.891. The zero-order chi connectivity index (χ0) is 13.2. The van der Waals surface area contributed by atoms with Crippen LogP contribution in [0.5, 0.6) is 0 Å². The number of benzene rings is 2. The van der Waals surface area contributed by atoms with Crippen molar-refractivity contribution in [1.82, 2.24) is 5.32 Å². The van der Waals surface area contributed by atoms with Crippen molar-refractivity contribution in [3.63, 3.8) is 0 Å². The number of halogens is 1. The summed E-state index contributed by atoms with van der Waals surface area (Å²) in [6.45, 7) is 3.85. The monoisotopic (exact) mass is 255 g/mol. The zero-order valence-electron chi connectivity index (χ0n) is 11.1. The minimum Gasteiger partial charge on any atom is -0.312 e. The Balaban J connectivity index is 1.88.